The van der Waals surface area contributed by atoms with Crippen LogP contribution in [-0.2, 0) is 12.7 Å². The van der Waals surface area contributed by atoms with Crippen LogP contribution >= 0.6 is 15.9 Å². The molecular weight excluding hydrogens is 519 g/mol. The highest BCUT2D eigenvalue weighted by Crippen LogP contribution is 2.38. The van der Waals surface area contributed by atoms with Crippen LogP contribution in [0.2, 0.25) is 0 Å². The van der Waals surface area contributed by atoms with Crippen molar-refractivity contribution in [2.24, 2.45) is 0 Å². The fourth-order valence-corrected chi connectivity index (χ4v) is 4.28. The van der Waals surface area contributed by atoms with Gasteiger partial charge >= 0.3 is 6.18 Å². The smallest absolute Gasteiger partial charge is 0.416 e. The summed E-state index contributed by atoms with van der Waals surface area (Å²) >= 11 is 3.44. The third-order valence-corrected chi connectivity index (χ3v) is 6.51. The number of aromatic hydroxyl groups is 1. The van der Waals surface area contributed by atoms with E-state index in [0.717, 1.165) is 46.5 Å². The van der Waals surface area contributed by atoms with Crippen LogP contribution < -0.4 is 5.32 Å². The lowest BCUT2D eigenvalue weighted by atomic mass is 9.99. The summed E-state index contributed by atoms with van der Waals surface area (Å²) in [5.41, 5.74) is 3.14. The van der Waals surface area contributed by atoms with Gasteiger partial charge in [0, 0.05) is 45.1 Å². The van der Waals surface area contributed by atoms with Gasteiger partial charge in [0.1, 0.15) is 5.75 Å². The maximum absolute atomic E-state index is 13.2. The van der Waals surface area contributed by atoms with Crippen LogP contribution in [0.25, 0.3) is 22.0 Å². The van der Waals surface area contributed by atoms with E-state index >= 15 is 0 Å². The fourth-order valence-electron chi connectivity index (χ4n) is 4.01. The third-order valence-electron chi connectivity index (χ3n) is 5.98. The Labute approximate surface area is 210 Å². The van der Waals surface area contributed by atoms with E-state index in [1.165, 1.54) is 12.3 Å². The summed E-state index contributed by atoms with van der Waals surface area (Å²) in [6.07, 6.45) is -2.95. The Morgan fingerprint density at radius 2 is 1.69 bits per heavy atom. The van der Waals surface area contributed by atoms with Crippen LogP contribution in [0.1, 0.15) is 25.0 Å². The predicted molar refractivity (Wildman–Crippen MR) is 138 cm³/mol. The van der Waals surface area contributed by atoms with Crippen molar-refractivity contribution in [3.8, 4) is 16.9 Å². The van der Waals surface area contributed by atoms with Gasteiger partial charge in [0.25, 0.3) is 0 Å². The number of alkyl halides is 3. The zero-order valence-corrected chi connectivity index (χ0v) is 20.9. The molecule has 182 valence electrons. The highest BCUT2D eigenvalue weighted by atomic mass is 79.9. The minimum atomic E-state index is -4.44. The lowest BCUT2D eigenvalue weighted by Crippen LogP contribution is -2.22. The lowest BCUT2D eigenvalue weighted by Gasteiger charge is -2.21. The van der Waals surface area contributed by atoms with Gasteiger partial charge < -0.3 is 10.4 Å². The molecule has 0 radical (unpaired) electrons. The molecule has 0 saturated carbocycles. The number of hydrogen-bond acceptors (Lipinski definition) is 4. The van der Waals surface area contributed by atoms with Gasteiger partial charge in [0.2, 0.25) is 0 Å². The SMILES string of the molecule is CCN(CC)Cc1cc(Nc2ccnc3cc(C(F)(F)F)ccc23)cc(-c2ccc(Br)cc2)c1O. The maximum atomic E-state index is 13.2. The predicted octanol–water partition coefficient (Wildman–Crippen LogP) is 7.97. The number of anilines is 2. The van der Waals surface area contributed by atoms with Crippen molar-refractivity contribution in [2.45, 2.75) is 26.6 Å². The summed E-state index contributed by atoms with van der Waals surface area (Å²) in [6.45, 7) is 6.35. The summed E-state index contributed by atoms with van der Waals surface area (Å²) < 4.78 is 40.4. The molecule has 0 spiro atoms. The zero-order valence-electron chi connectivity index (χ0n) is 19.3. The number of benzene rings is 3. The number of fused-ring (bicyclic) bond motifs is 1. The molecule has 0 saturated heterocycles. The molecule has 0 fully saturated rings. The first-order valence-corrected chi connectivity index (χ1v) is 12.1. The second kappa shape index (κ2) is 10.3. The largest absolute Gasteiger partial charge is 0.507 e. The van der Waals surface area contributed by atoms with Crippen molar-refractivity contribution in [3.63, 3.8) is 0 Å². The molecule has 3 aromatic carbocycles. The lowest BCUT2D eigenvalue weighted by molar-refractivity contribution is -0.137. The Kier molecular flexibility index (Phi) is 7.33. The molecule has 2 N–H and O–H groups in total. The van der Waals surface area contributed by atoms with Gasteiger partial charge in [-0.3, -0.25) is 9.88 Å². The van der Waals surface area contributed by atoms with Gasteiger partial charge in [0.05, 0.1) is 11.1 Å². The van der Waals surface area contributed by atoms with Crippen molar-refractivity contribution < 1.29 is 18.3 Å². The molecular formula is C27H25BrF3N3O. The van der Waals surface area contributed by atoms with Gasteiger partial charge in [0.15, 0.2) is 0 Å². The number of nitrogens with one attached hydrogen (secondary N) is 1. The standard InChI is InChI=1S/C27H25BrF3N3O/c1-3-34(4-2)16-18-13-21(15-23(26(18)35)17-5-8-20(28)9-6-17)33-24-11-12-32-25-14-19(27(29,30)31)7-10-22(24)25/h5-15,35H,3-4,16H2,1-2H3,(H,32,33). The minimum absolute atomic E-state index is 0.208. The van der Waals surface area contributed by atoms with Crippen molar-refractivity contribution in [1.29, 1.82) is 0 Å². The first kappa shape index (κ1) is 25.0. The molecule has 8 heteroatoms. The number of aromatic nitrogens is 1. The van der Waals surface area contributed by atoms with Gasteiger partial charge in [-0.15, -0.1) is 0 Å². The molecule has 0 bridgehead atoms. The van der Waals surface area contributed by atoms with Crippen LogP contribution in [0.4, 0.5) is 24.5 Å². The molecule has 0 amide bonds. The molecule has 0 atom stereocenters. The van der Waals surface area contributed by atoms with E-state index in [9.17, 15) is 18.3 Å². The number of nitrogens with zero attached hydrogens (tertiary/aromatic N) is 2. The first-order valence-electron chi connectivity index (χ1n) is 11.3. The fraction of sp³-hybridized carbons (Fsp3) is 0.222. The molecule has 0 aliphatic rings. The van der Waals surface area contributed by atoms with E-state index in [4.69, 9.17) is 0 Å². The van der Waals surface area contributed by atoms with Crippen molar-refractivity contribution in [2.75, 3.05) is 18.4 Å². The molecule has 1 heterocycles. The summed E-state index contributed by atoms with van der Waals surface area (Å²) in [5, 5.41) is 15.1. The second-order valence-electron chi connectivity index (χ2n) is 8.21. The zero-order chi connectivity index (χ0) is 25.2. The number of phenols is 1. The monoisotopic (exact) mass is 543 g/mol. The molecule has 4 nitrogen and oxygen atoms in total. The van der Waals surface area contributed by atoms with E-state index in [2.05, 4.69) is 45.0 Å². The molecule has 0 unspecified atom stereocenters. The molecule has 4 rings (SSSR count). The minimum Gasteiger partial charge on any atom is -0.507 e. The molecule has 35 heavy (non-hydrogen) atoms. The average Bonchev–Trinajstić information content (AvgIpc) is 2.84. The number of rotatable bonds is 7. The Morgan fingerprint density at radius 3 is 2.34 bits per heavy atom. The molecule has 0 aliphatic carbocycles. The first-order chi connectivity index (χ1) is 16.7. The highest BCUT2D eigenvalue weighted by molar-refractivity contribution is 9.10. The molecule has 4 aromatic rings. The molecule has 1 aromatic heterocycles. The Balaban J connectivity index is 1.79. The topological polar surface area (TPSA) is 48.4 Å². The molecule has 0 aliphatic heterocycles. The Bertz CT molecular complexity index is 1340. The number of phenolic OH excluding ortho intramolecular Hbond substituents is 1. The van der Waals surface area contributed by atoms with Crippen LogP contribution in [-0.4, -0.2) is 28.1 Å². The van der Waals surface area contributed by atoms with Gasteiger partial charge in [-0.05, 0) is 61.1 Å². The van der Waals surface area contributed by atoms with E-state index in [-0.39, 0.29) is 11.3 Å². The quantitative estimate of drug-likeness (QED) is 0.232. The Hall–Kier alpha value is -3.10. The van der Waals surface area contributed by atoms with Crippen molar-refractivity contribution in [1.82, 2.24) is 9.88 Å². The van der Waals surface area contributed by atoms with E-state index in [1.807, 2.05) is 36.4 Å². The van der Waals surface area contributed by atoms with Gasteiger partial charge in [-0.25, -0.2) is 0 Å². The van der Waals surface area contributed by atoms with Crippen LogP contribution in [0.15, 0.2) is 71.3 Å². The van der Waals surface area contributed by atoms with E-state index in [0.29, 0.717) is 23.2 Å². The van der Waals surface area contributed by atoms with Crippen molar-refractivity contribution in [3.05, 3.63) is 82.5 Å². The third kappa shape index (κ3) is 5.60. The Morgan fingerprint density at radius 1 is 0.971 bits per heavy atom. The van der Waals surface area contributed by atoms with Crippen LogP contribution in [0.5, 0.6) is 5.75 Å². The van der Waals surface area contributed by atoms with Gasteiger partial charge in [-0.2, -0.15) is 13.2 Å². The number of pyridine rings is 1. The number of halogens is 4. The summed E-state index contributed by atoms with van der Waals surface area (Å²) in [4.78, 5) is 6.33. The van der Waals surface area contributed by atoms with E-state index in [1.54, 1.807) is 6.07 Å². The highest BCUT2D eigenvalue weighted by Gasteiger charge is 2.30. The van der Waals surface area contributed by atoms with Crippen LogP contribution in [0, 0.1) is 0 Å². The van der Waals surface area contributed by atoms with Gasteiger partial charge in [-0.1, -0.05) is 48.0 Å². The van der Waals surface area contributed by atoms with Crippen LogP contribution in [0.3, 0.4) is 0 Å². The van der Waals surface area contributed by atoms with Crippen molar-refractivity contribution >= 4 is 38.2 Å². The summed E-state index contributed by atoms with van der Waals surface area (Å²) in [5.74, 6) is 0.208. The maximum Gasteiger partial charge on any atom is 0.416 e. The van der Waals surface area contributed by atoms with E-state index < -0.39 is 11.7 Å². The summed E-state index contributed by atoms with van der Waals surface area (Å²) in [7, 11) is 0. The normalized spacial score (nSPS) is 11.9. The second-order valence-corrected chi connectivity index (χ2v) is 9.13. The summed E-state index contributed by atoms with van der Waals surface area (Å²) in [6, 6.07) is 16.7. The average molecular weight is 544 g/mol. The number of hydrogen-bond donors (Lipinski definition) is 2.